The van der Waals surface area contributed by atoms with E-state index in [0.717, 1.165) is 38.5 Å². The molecule has 0 aliphatic carbocycles. The van der Waals surface area contributed by atoms with Crippen molar-refractivity contribution >= 4 is 16.5 Å². The normalized spacial score (nSPS) is 16.4. The van der Waals surface area contributed by atoms with Crippen LogP contribution in [0.3, 0.4) is 0 Å². The summed E-state index contributed by atoms with van der Waals surface area (Å²) in [5.74, 6) is 1.44. The van der Waals surface area contributed by atoms with E-state index in [4.69, 9.17) is 4.74 Å². The molecule has 0 unspecified atom stereocenters. The van der Waals surface area contributed by atoms with Crippen LogP contribution in [-0.4, -0.2) is 44.7 Å². The van der Waals surface area contributed by atoms with E-state index in [1.807, 2.05) is 6.07 Å². The third-order valence-corrected chi connectivity index (χ3v) is 5.67. The predicted molar refractivity (Wildman–Crippen MR) is 114 cm³/mol. The van der Waals surface area contributed by atoms with Crippen molar-refractivity contribution in [1.82, 2.24) is 4.90 Å². The van der Waals surface area contributed by atoms with Crippen molar-refractivity contribution in [1.29, 1.82) is 0 Å². The number of anilines is 1. The molecule has 0 amide bonds. The second kappa shape index (κ2) is 8.01. The fourth-order valence-corrected chi connectivity index (χ4v) is 4.00. The average molecular weight is 361 g/mol. The Kier molecular flexibility index (Phi) is 5.30. The fourth-order valence-electron chi connectivity index (χ4n) is 4.00. The molecule has 1 aliphatic heterocycles. The summed E-state index contributed by atoms with van der Waals surface area (Å²) in [5, 5.41) is 2.52. The lowest BCUT2D eigenvalue weighted by Crippen LogP contribution is -2.47. The van der Waals surface area contributed by atoms with Gasteiger partial charge in [0.15, 0.2) is 0 Å². The number of piperazine rings is 1. The van der Waals surface area contributed by atoms with Gasteiger partial charge in [-0.05, 0) is 46.5 Å². The Morgan fingerprint density at radius 2 is 1.56 bits per heavy atom. The van der Waals surface area contributed by atoms with Crippen molar-refractivity contribution < 1.29 is 4.74 Å². The van der Waals surface area contributed by atoms with E-state index in [-0.39, 0.29) is 0 Å². The molecular weight excluding hydrogens is 332 g/mol. The lowest BCUT2D eigenvalue weighted by atomic mass is 9.97. The molecular formula is C24H28N2O. The molecule has 1 heterocycles. The van der Waals surface area contributed by atoms with Gasteiger partial charge in [-0.3, -0.25) is 4.90 Å². The molecule has 3 aromatic rings. The summed E-state index contributed by atoms with van der Waals surface area (Å²) >= 11 is 0. The molecule has 0 bridgehead atoms. The Bertz CT molecular complexity index is 885. The van der Waals surface area contributed by atoms with Crippen molar-refractivity contribution in [2.45, 2.75) is 12.8 Å². The van der Waals surface area contributed by atoms with Gasteiger partial charge in [-0.25, -0.2) is 0 Å². The maximum atomic E-state index is 5.33. The minimum absolute atomic E-state index is 0.528. The first-order valence-electron chi connectivity index (χ1n) is 9.83. The van der Waals surface area contributed by atoms with Gasteiger partial charge in [-0.2, -0.15) is 0 Å². The number of para-hydroxylation sites is 1. The van der Waals surface area contributed by atoms with Crippen LogP contribution < -0.4 is 9.64 Å². The van der Waals surface area contributed by atoms with Crippen molar-refractivity contribution in [3.8, 4) is 5.75 Å². The lowest BCUT2D eigenvalue weighted by Gasteiger charge is -2.37. The molecule has 3 aromatic carbocycles. The van der Waals surface area contributed by atoms with E-state index >= 15 is 0 Å². The van der Waals surface area contributed by atoms with Crippen molar-refractivity contribution in [2.24, 2.45) is 0 Å². The Morgan fingerprint density at radius 1 is 0.852 bits per heavy atom. The summed E-state index contributed by atoms with van der Waals surface area (Å²) in [4.78, 5) is 5.09. The molecule has 3 nitrogen and oxygen atoms in total. The Morgan fingerprint density at radius 3 is 2.30 bits per heavy atom. The SMILES string of the molecule is COc1ccc2cc([C@H](C)CN3CCN(c4ccccc4)CC3)ccc2c1. The van der Waals surface area contributed by atoms with E-state index < -0.39 is 0 Å². The summed E-state index contributed by atoms with van der Waals surface area (Å²) in [6.07, 6.45) is 0. The van der Waals surface area contributed by atoms with Crippen molar-refractivity contribution in [3.05, 3.63) is 72.3 Å². The minimum atomic E-state index is 0.528. The van der Waals surface area contributed by atoms with Gasteiger partial charge in [0, 0.05) is 38.4 Å². The largest absolute Gasteiger partial charge is 0.497 e. The summed E-state index contributed by atoms with van der Waals surface area (Å²) in [5.41, 5.74) is 2.76. The van der Waals surface area contributed by atoms with Gasteiger partial charge < -0.3 is 9.64 Å². The second-order valence-electron chi connectivity index (χ2n) is 7.50. The lowest BCUT2D eigenvalue weighted by molar-refractivity contribution is 0.246. The van der Waals surface area contributed by atoms with E-state index in [0.29, 0.717) is 5.92 Å². The monoisotopic (exact) mass is 360 g/mol. The smallest absolute Gasteiger partial charge is 0.119 e. The third kappa shape index (κ3) is 4.09. The Balaban J connectivity index is 1.38. The number of benzene rings is 3. The highest BCUT2D eigenvalue weighted by molar-refractivity contribution is 5.84. The highest BCUT2D eigenvalue weighted by Crippen LogP contribution is 2.26. The third-order valence-electron chi connectivity index (χ3n) is 5.67. The van der Waals surface area contributed by atoms with Crippen LogP contribution in [0, 0.1) is 0 Å². The van der Waals surface area contributed by atoms with E-state index in [9.17, 15) is 0 Å². The molecule has 0 spiro atoms. The highest BCUT2D eigenvalue weighted by Gasteiger charge is 2.19. The van der Waals surface area contributed by atoms with Gasteiger partial charge >= 0.3 is 0 Å². The first kappa shape index (κ1) is 17.9. The van der Waals surface area contributed by atoms with Crippen LogP contribution in [0.5, 0.6) is 5.75 Å². The molecule has 0 N–H and O–H groups in total. The zero-order valence-corrected chi connectivity index (χ0v) is 16.3. The number of hydrogen-bond donors (Lipinski definition) is 0. The molecule has 1 aliphatic rings. The number of ether oxygens (including phenoxy) is 1. The Hall–Kier alpha value is -2.52. The van der Waals surface area contributed by atoms with E-state index in [1.165, 1.54) is 22.0 Å². The zero-order valence-electron chi connectivity index (χ0n) is 16.3. The van der Waals surface area contributed by atoms with Crippen LogP contribution in [0.1, 0.15) is 18.4 Å². The molecule has 140 valence electrons. The number of rotatable bonds is 5. The van der Waals surface area contributed by atoms with E-state index in [2.05, 4.69) is 77.4 Å². The van der Waals surface area contributed by atoms with Gasteiger partial charge in [0.25, 0.3) is 0 Å². The molecule has 4 rings (SSSR count). The standard InChI is InChI=1S/C24H28N2O/c1-19(20-8-9-22-17-24(27-2)11-10-21(22)16-20)18-25-12-14-26(15-13-25)23-6-4-3-5-7-23/h3-11,16-17,19H,12-15,18H2,1-2H3/t19-/m1/s1. The van der Waals surface area contributed by atoms with Crippen LogP contribution in [0.4, 0.5) is 5.69 Å². The molecule has 1 saturated heterocycles. The second-order valence-corrected chi connectivity index (χ2v) is 7.50. The van der Waals surface area contributed by atoms with Crippen LogP contribution in [0.15, 0.2) is 66.7 Å². The van der Waals surface area contributed by atoms with Crippen LogP contribution in [0.25, 0.3) is 10.8 Å². The molecule has 1 atom stereocenters. The number of fused-ring (bicyclic) bond motifs is 1. The summed E-state index contributed by atoms with van der Waals surface area (Å²) in [6, 6.07) is 23.9. The predicted octanol–water partition coefficient (Wildman–Crippen LogP) is 4.77. The minimum Gasteiger partial charge on any atom is -0.497 e. The number of hydrogen-bond acceptors (Lipinski definition) is 3. The van der Waals surface area contributed by atoms with Gasteiger partial charge in [0.1, 0.15) is 5.75 Å². The number of nitrogens with zero attached hydrogens (tertiary/aromatic N) is 2. The maximum absolute atomic E-state index is 5.33. The van der Waals surface area contributed by atoms with Crippen LogP contribution in [0.2, 0.25) is 0 Å². The Labute approximate surface area is 162 Å². The average Bonchev–Trinajstić information content (AvgIpc) is 2.74. The summed E-state index contributed by atoms with van der Waals surface area (Å²) < 4.78 is 5.33. The van der Waals surface area contributed by atoms with Crippen molar-refractivity contribution in [2.75, 3.05) is 44.7 Å². The van der Waals surface area contributed by atoms with Gasteiger partial charge in [0.05, 0.1) is 7.11 Å². The number of methoxy groups -OCH3 is 1. The first-order valence-corrected chi connectivity index (χ1v) is 9.83. The quantitative estimate of drug-likeness (QED) is 0.651. The highest BCUT2D eigenvalue weighted by atomic mass is 16.5. The molecule has 0 radical (unpaired) electrons. The van der Waals surface area contributed by atoms with E-state index in [1.54, 1.807) is 7.11 Å². The van der Waals surface area contributed by atoms with Crippen molar-refractivity contribution in [3.63, 3.8) is 0 Å². The zero-order chi connectivity index (χ0) is 18.6. The molecule has 0 saturated carbocycles. The summed E-state index contributed by atoms with van der Waals surface area (Å²) in [7, 11) is 1.72. The topological polar surface area (TPSA) is 15.7 Å². The molecule has 0 aromatic heterocycles. The maximum Gasteiger partial charge on any atom is 0.119 e. The van der Waals surface area contributed by atoms with Gasteiger partial charge in [-0.1, -0.05) is 49.4 Å². The molecule has 3 heteroatoms. The summed E-state index contributed by atoms with van der Waals surface area (Å²) in [6.45, 7) is 7.93. The first-order chi connectivity index (χ1) is 13.2. The molecule has 1 fully saturated rings. The van der Waals surface area contributed by atoms with Gasteiger partial charge in [-0.15, -0.1) is 0 Å². The van der Waals surface area contributed by atoms with Crippen LogP contribution in [-0.2, 0) is 0 Å². The van der Waals surface area contributed by atoms with Gasteiger partial charge in [0.2, 0.25) is 0 Å². The van der Waals surface area contributed by atoms with Crippen LogP contribution >= 0.6 is 0 Å². The fraction of sp³-hybridized carbons (Fsp3) is 0.333. The molecule has 27 heavy (non-hydrogen) atoms.